The number of allylic oxidation sites excluding steroid dienone is 2. The molecular formula is C31H34N4O2. The second-order valence-corrected chi connectivity index (χ2v) is 10.2. The molecule has 1 atom stereocenters. The van der Waals surface area contributed by atoms with Crippen molar-refractivity contribution in [1.82, 2.24) is 19.8 Å². The Morgan fingerprint density at radius 2 is 1.59 bits per heavy atom. The predicted octanol–water partition coefficient (Wildman–Crippen LogP) is 4.76. The molecule has 0 bridgehead atoms. The van der Waals surface area contributed by atoms with Gasteiger partial charge in [0.25, 0.3) is 0 Å². The number of hydrogen-bond acceptors (Lipinski definition) is 5. The molecule has 2 aromatic carbocycles. The third-order valence-corrected chi connectivity index (χ3v) is 7.48. The number of benzene rings is 2. The number of rotatable bonds is 7. The van der Waals surface area contributed by atoms with Crippen molar-refractivity contribution in [1.29, 1.82) is 0 Å². The Balaban J connectivity index is 1.23. The Morgan fingerprint density at radius 1 is 0.946 bits per heavy atom. The van der Waals surface area contributed by atoms with Gasteiger partial charge in [0.1, 0.15) is 6.33 Å². The number of piperidine rings is 1. The number of nitrogens with zero attached hydrogens (tertiary/aromatic N) is 4. The largest absolute Gasteiger partial charge is 0.388 e. The van der Waals surface area contributed by atoms with Crippen molar-refractivity contribution in [3.63, 3.8) is 0 Å². The first-order valence-electron chi connectivity index (χ1n) is 13.0. The van der Waals surface area contributed by atoms with Crippen LogP contribution in [0.25, 0.3) is 11.1 Å². The van der Waals surface area contributed by atoms with Crippen LogP contribution in [0.15, 0.2) is 91.7 Å². The van der Waals surface area contributed by atoms with Crippen molar-refractivity contribution in [3.05, 3.63) is 108 Å². The van der Waals surface area contributed by atoms with E-state index >= 15 is 0 Å². The van der Waals surface area contributed by atoms with E-state index in [0.29, 0.717) is 45.4 Å². The standard InChI is InChI=1S/C31H34N4O2/c1-24(25-8-4-2-5-9-25)18-30(36)35-16-13-31(37,14-17-35)22-34-15-12-28(26-10-6-3-7-11-26)29(21-34)27-19-32-23-33-20-27/h2-12,19-21,23-24,37H,13-18,22H2,1H3/t24-/m1/s1. The third-order valence-electron chi connectivity index (χ3n) is 7.48. The molecule has 0 unspecified atom stereocenters. The van der Waals surface area contributed by atoms with Crippen molar-refractivity contribution >= 4 is 17.1 Å². The van der Waals surface area contributed by atoms with Crippen molar-refractivity contribution in [3.8, 4) is 0 Å². The van der Waals surface area contributed by atoms with Crippen molar-refractivity contribution in [2.24, 2.45) is 0 Å². The fourth-order valence-corrected chi connectivity index (χ4v) is 5.29. The zero-order chi connectivity index (χ0) is 25.7. The smallest absolute Gasteiger partial charge is 0.223 e. The maximum atomic E-state index is 13.0. The maximum Gasteiger partial charge on any atom is 0.223 e. The molecule has 1 saturated heterocycles. The molecule has 0 radical (unpaired) electrons. The Bertz CT molecular complexity index is 1250. The van der Waals surface area contributed by atoms with Crippen LogP contribution in [0.3, 0.4) is 0 Å². The third kappa shape index (κ3) is 5.97. The second-order valence-electron chi connectivity index (χ2n) is 10.2. The first-order valence-corrected chi connectivity index (χ1v) is 13.0. The zero-order valence-electron chi connectivity index (χ0n) is 21.3. The van der Waals surface area contributed by atoms with Gasteiger partial charge in [0.15, 0.2) is 0 Å². The van der Waals surface area contributed by atoms with E-state index in [-0.39, 0.29) is 11.8 Å². The van der Waals surface area contributed by atoms with Gasteiger partial charge in [-0.05, 0) is 35.5 Å². The van der Waals surface area contributed by atoms with Gasteiger partial charge in [-0.3, -0.25) is 4.79 Å². The minimum absolute atomic E-state index is 0.165. The van der Waals surface area contributed by atoms with Gasteiger partial charge in [-0.1, -0.05) is 73.7 Å². The second kappa shape index (κ2) is 11.1. The summed E-state index contributed by atoms with van der Waals surface area (Å²) in [6.07, 6.45) is 11.2. The molecule has 1 aromatic heterocycles. The highest BCUT2D eigenvalue weighted by molar-refractivity contribution is 6.05. The number of carbonyl (C=O) groups is 1. The average Bonchev–Trinajstić information content (AvgIpc) is 2.94. The van der Waals surface area contributed by atoms with Crippen molar-refractivity contribution in [2.75, 3.05) is 26.2 Å². The summed E-state index contributed by atoms with van der Waals surface area (Å²) in [4.78, 5) is 25.5. The Kier molecular flexibility index (Phi) is 7.47. The van der Waals surface area contributed by atoms with Crippen LogP contribution in [-0.2, 0) is 4.79 Å². The zero-order valence-corrected chi connectivity index (χ0v) is 21.3. The molecule has 5 rings (SSSR count). The van der Waals surface area contributed by atoms with Gasteiger partial charge in [-0.15, -0.1) is 0 Å². The summed E-state index contributed by atoms with van der Waals surface area (Å²) >= 11 is 0. The van der Waals surface area contributed by atoms with Crippen LogP contribution in [0.4, 0.5) is 0 Å². The van der Waals surface area contributed by atoms with Crippen LogP contribution in [0.2, 0.25) is 0 Å². The number of carbonyl (C=O) groups excluding carboxylic acids is 1. The van der Waals surface area contributed by atoms with Gasteiger partial charge in [0.05, 0.1) is 5.60 Å². The van der Waals surface area contributed by atoms with Crippen LogP contribution >= 0.6 is 0 Å². The molecule has 3 aromatic rings. The van der Waals surface area contributed by atoms with E-state index < -0.39 is 5.60 Å². The quantitative estimate of drug-likeness (QED) is 0.513. The van der Waals surface area contributed by atoms with Crippen LogP contribution in [-0.4, -0.2) is 62.6 Å². The van der Waals surface area contributed by atoms with Crippen LogP contribution in [0.5, 0.6) is 0 Å². The highest BCUT2D eigenvalue weighted by Crippen LogP contribution is 2.35. The molecule has 1 fully saturated rings. The maximum absolute atomic E-state index is 13.0. The molecule has 37 heavy (non-hydrogen) atoms. The molecule has 1 amide bonds. The van der Waals surface area contributed by atoms with Gasteiger partial charge in [0.2, 0.25) is 5.91 Å². The number of aromatic nitrogens is 2. The first-order chi connectivity index (χ1) is 18.0. The lowest BCUT2D eigenvalue weighted by Gasteiger charge is -2.41. The number of amides is 1. The summed E-state index contributed by atoms with van der Waals surface area (Å²) in [7, 11) is 0. The van der Waals surface area contributed by atoms with E-state index in [0.717, 1.165) is 22.3 Å². The fourth-order valence-electron chi connectivity index (χ4n) is 5.29. The Hall–Kier alpha value is -3.77. The summed E-state index contributed by atoms with van der Waals surface area (Å²) in [6.45, 7) is 4.49. The van der Waals surface area contributed by atoms with E-state index in [2.05, 4.69) is 58.3 Å². The minimum atomic E-state index is -0.839. The fraction of sp³-hybridized carbons (Fsp3) is 0.323. The monoisotopic (exact) mass is 494 g/mol. The summed E-state index contributed by atoms with van der Waals surface area (Å²) < 4.78 is 0. The summed E-state index contributed by atoms with van der Waals surface area (Å²) in [6, 6.07) is 20.5. The summed E-state index contributed by atoms with van der Waals surface area (Å²) in [5, 5.41) is 11.5. The van der Waals surface area contributed by atoms with Crippen molar-refractivity contribution < 1.29 is 9.90 Å². The molecule has 0 aliphatic carbocycles. The molecule has 6 nitrogen and oxygen atoms in total. The van der Waals surface area contributed by atoms with Gasteiger partial charge < -0.3 is 14.9 Å². The van der Waals surface area contributed by atoms with E-state index in [9.17, 15) is 9.90 Å². The van der Waals surface area contributed by atoms with E-state index in [1.807, 2.05) is 53.7 Å². The van der Waals surface area contributed by atoms with Gasteiger partial charge in [0, 0.05) is 62.3 Å². The average molecular weight is 495 g/mol. The SMILES string of the molecule is C[C@H](CC(=O)N1CCC(O)(CN2C=C(c3cncnc3)C(c3ccccc3)=CC2)CC1)c1ccccc1. The van der Waals surface area contributed by atoms with Crippen LogP contribution in [0, 0.1) is 0 Å². The molecule has 0 saturated carbocycles. The topological polar surface area (TPSA) is 69.6 Å². The lowest BCUT2D eigenvalue weighted by molar-refractivity contribution is -0.136. The molecule has 2 aliphatic heterocycles. The molecule has 6 heteroatoms. The molecular weight excluding hydrogens is 460 g/mol. The molecule has 0 spiro atoms. The number of likely N-dealkylation sites (tertiary alicyclic amines) is 1. The number of β-amino-alcohol motifs (C(OH)–C–C–N with tert-alkyl or cyclic N) is 1. The lowest BCUT2D eigenvalue weighted by Crippen LogP contribution is -2.51. The van der Waals surface area contributed by atoms with Gasteiger partial charge in [-0.2, -0.15) is 0 Å². The molecule has 2 aliphatic rings. The number of hydrogen-bond donors (Lipinski definition) is 1. The van der Waals surface area contributed by atoms with Crippen LogP contribution in [0.1, 0.15) is 48.8 Å². The molecule has 190 valence electrons. The van der Waals surface area contributed by atoms with Crippen molar-refractivity contribution in [2.45, 2.75) is 37.7 Å². The van der Waals surface area contributed by atoms with E-state index in [1.165, 1.54) is 11.9 Å². The van der Waals surface area contributed by atoms with Gasteiger partial charge in [-0.25, -0.2) is 9.97 Å². The summed E-state index contributed by atoms with van der Waals surface area (Å²) in [5.41, 5.74) is 4.63. The Labute approximate surface area is 219 Å². The molecule has 3 heterocycles. The highest BCUT2D eigenvalue weighted by atomic mass is 16.3. The summed E-state index contributed by atoms with van der Waals surface area (Å²) in [5.74, 6) is 0.344. The van der Waals surface area contributed by atoms with Gasteiger partial charge >= 0.3 is 0 Å². The predicted molar refractivity (Wildman–Crippen MR) is 146 cm³/mol. The van der Waals surface area contributed by atoms with E-state index in [4.69, 9.17) is 0 Å². The first kappa shape index (κ1) is 24.9. The van der Waals surface area contributed by atoms with E-state index in [1.54, 1.807) is 0 Å². The lowest BCUT2D eigenvalue weighted by atomic mass is 9.88. The number of aliphatic hydroxyl groups is 1. The highest BCUT2D eigenvalue weighted by Gasteiger charge is 2.36. The molecule has 1 N–H and O–H groups in total. The normalized spacial score (nSPS) is 18.1. The Morgan fingerprint density at radius 3 is 2.27 bits per heavy atom. The van der Waals surface area contributed by atoms with Crippen LogP contribution < -0.4 is 0 Å². The minimum Gasteiger partial charge on any atom is -0.388 e.